The van der Waals surface area contributed by atoms with Crippen LogP contribution < -0.4 is 11.1 Å². The Balaban J connectivity index is 1.99. The molecular formula is C13H15N5O3. The molecule has 0 atom stereocenters. The first-order valence-electron chi connectivity index (χ1n) is 6.27. The maximum atomic E-state index is 11.9. The predicted octanol–water partition coefficient (Wildman–Crippen LogP) is 0.883. The lowest BCUT2D eigenvalue weighted by Gasteiger charge is -2.06. The third kappa shape index (κ3) is 3.35. The Morgan fingerprint density at radius 2 is 2.29 bits per heavy atom. The van der Waals surface area contributed by atoms with Gasteiger partial charge >= 0.3 is 0 Å². The summed E-state index contributed by atoms with van der Waals surface area (Å²) in [5.41, 5.74) is 5.45. The molecule has 0 radical (unpaired) electrons. The molecule has 1 amide bonds. The first-order valence-corrected chi connectivity index (χ1v) is 6.27. The lowest BCUT2D eigenvalue weighted by atomic mass is 10.1. The molecule has 0 fully saturated rings. The highest BCUT2D eigenvalue weighted by Crippen LogP contribution is 2.22. The van der Waals surface area contributed by atoms with Crippen LogP contribution in [0.5, 0.6) is 0 Å². The number of nitrogens with zero attached hydrogens (tertiary/aromatic N) is 3. The van der Waals surface area contributed by atoms with E-state index in [-0.39, 0.29) is 22.8 Å². The molecule has 1 aromatic carbocycles. The summed E-state index contributed by atoms with van der Waals surface area (Å²) in [4.78, 5) is 26.3. The van der Waals surface area contributed by atoms with Crippen LogP contribution in [-0.4, -0.2) is 26.9 Å². The number of nitrogens with two attached hydrogens (primary N) is 1. The SMILES string of the molecule is Cn1ccnc1CCNC(=O)c1ccc(N)c([N+](=O)[O-])c1. The number of anilines is 1. The van der Waals surface area contributed by atoms with Crippen molar-refractivity contribution in [2.24, 2.45) is 7.05 Å². The van der Waals surface area contributed by atoms with Gasteiger partial charge in [0.1, 0.15) is 11.5 Å². The highest BCUT2D eigenvalue weighted by Gasteiger charge is 2.15. The molecule has 0 unspecified atom stereocenters. The average molecular weight is 289 g/mol. The molecule has 1 aromatic heterocycles. The molecule has 8 heteroatoms. The largest absolute Gasteiger partial charge is 0.393 e. The van der Waals surface area contributed by atoms with Crippen LogP contribution in [0.2, 0.25) is 0 Å². The lowest BCUT2D eigenvalue weighted by Crippen LogP contribution is -2.26. The maximum absolute atomic E-state index is 11.9. The topological polar surface area (TPSA) is 116 Å². The monoisotopic (exact) mass is 289 g/mol. The lowest BCUT2D eigenvalue weighted by molar-refractivity contribution is -0.383. The summed E-state index contributed by atoms with van der Waals surface area (Å²) in [7, 11) is 1.87. The van der Waals surface area contributed by atoms with E-state index in [1.165, 1.54) is 18.2 Å². The Bertz CT molecular complexity index is 680. The Morgan fingerprint density at radius 1 is 1.52 bits per heavy atom. The van der Waals surface area contributed by atoms with Crippen molar-refractivity contribution in [3.05, 3.63) is 52.1 Å². The number of nitrogens with one attached hydrogen (secondary N) is 1. The molecule has 0 bridgehead atoms. The van der Waals surface area contributed by atoms with E-state index in [9.17, 15) is 14.9 Å². The van der Waals surface area contributed by atoms with Gasteiger partial charge in [-0.15, -0.1) is 0 Å². The predicted molar refractivity (Wildman–Crippen MR) is 76.8 cm³/mol. The van der Waals surface area contributed by atoms with Crippen molar-refractivity contribution in [3.63, 3.8) is 0 Å². The van der Waals surface area contributed by atoms with Crippen LogP contribution >= 0.6 is 0 Å². The highest BCUT2D eigenvalue weighted by molar-refractivity contribution is 5.95. The van der Waals surface area contributed by atoms with Crippen LogP contribution in [0.4, 0.5) is 11.4 Å². The number of aromatic nitrogens is 2. The fourth-order valence-electron chi connectivity index (χ4n) is 1.87. The molecule has 0 saturated heterocycles. The molecule has 0 aliphatic heterocycles. The van der Waals surface area contributed by atoms with Gasteiger partial charge in [-0.3, -0.25) is 14.9 Å². The fourth-order valence-corrected chi connectivity index (χ4v) is 1.87. The normalized spacial score (nSPS) is 10.3. The van der Waals surface area contributed by atoms with E-state index >= 15 is 0 Å². The molecule has 0 saturated carbocycles. The third-order valence-corrected chi connectivity index (χ3v) is 3.04. The standard InChI is InChI=1S/C13H15N5O3/c1-17-7-6-15-12(17)4-5-16-13(19)9-2-3-10(14)11(8-9)18(20)21/h2-3,6-8H,4-5,14H2,1H3,(H,16,19). The van der Waals surface area contributed by atoms with Gasteiger partial charge in [0, 0.05) is 44.0 Å². The molecule has 1 heterocycles. The smallest absolute Gasteiger partial charge is 0.292 e. The molecule has 8 nitrogen and oxygen atoms in total. The van der Waals surface area contributed by atoms with Gasteiger partial charge in [0.2, 0.25) is 0 Å². The Morgan fingerprint density at radius 3 is 2.90 bits per heavy atom. The minimum absolute atomic E-state index is 0.0320. The van der Waals surface area contributed by atoms with E-state index in [0.29, 0.717) is 13.0 Å². The number of nitro groups is 1. The number of benzene rings is 1. The Kier molecular flexibility index (Phi) is 4.17. The minimum atomic E-state index is -0.611. The molecule has 0 aliphatic rings. The first kappa shape index (κ1) is 14.5. The average Bonchev–Trinajstić information content (AvgIpc) is 2.84. The van der Waals surface area contributed by atoms with Crippen LogP contribution in [-0.2, 0) is 13.5 Å². The first-order chi connectivity index (χ1) is 9.99. The van der Waals surface area contributed by atoms with E-state index in [2.05, 4.69) is 10.3 Å². The van der Waals surface area contributed by atoms with Crippen molar-refractivity contribution in [3.8, 4) is 0 Å². The van der Waals surface area contributed by atoms with E-state index in [0.717, 1.165) is 5.82 Å². The number of nitro benzene ring substituents is 1. The summed E-state index contributed by atoms with van der Waals surface area (Å²) < 4.78 is 1.86. The molecule has 110 valence electrons. The second-order valence-corrected chi connectivity index (χ2v) is 4.49. The number of hydrogen-bond acceptors (Lipinski definition) is 5. The molecule has 2 rings (SSSR count). The Labute approximate surface area is 120 Å². The molecule has 0 aliphatic carbocycles. The summed E-state index contributed by atoms with van der Waals surface area (Å²) in [5.74, 6) is 0.464. The van der Waals surface area contributed by atoms with Crippen molar-refractivity contribution < 1.29 is 9.72 Å². The fraction of sp³-hybridized carbons (Fsp3) is 0.231. The number of aryl methyl sites for hydroxylation is 1. The summed E-state index contributed by atoms with van der Waals surface area (Å²) in [6.07, 6.45) is 4.08. The molecule has 3 N–H and O–H groups in total. The van der Waals surface area contributed by atoms with Gasteiger partial charge in [0.15, 0.2) is 0 Å². The molecular weight excluding hydrogens is 274 g/mol. The summed E-state index contributed by atoms with van der Waals surface area (Å²) in [6.45, 7) is 0.391. The van der Waals surface area contributed by atoms with E-state index in [1.54, 1.807) is 6.20 Å². The quantitative estimate of drug-likeness (QED) is 0.481. The second-order valence-electron chi connectivity index (χ2n) is 4.49. The number of imidazole rings is 1. The van der Waals surface area contributed by atoms with Crippen molar-refractivity contribution >= 4 is 17.3 Å². The van der Waals surface area contributed by atoms with Gasteiger partial charge < -0.3 is 15.6 Å². The van der Waals surface area contributed by atoms with Gasteiger partial charge in [-0.05, 0) is 12.1 Å². The Hall–Kier alpha value is -2.90. The van der Waals surface area contributed by atoms with Gasteiger partial charge in [-0.1, -0.05) is 0 Å². The van der Waals surface area contributed by atoms with E-state index in [4.69, 9.17) is 5.73 Å². The van der Waals surface area contributed by atoms with Gasteiger partial charge in [0.25, 0.3) is 11.6 Å². The van der Waals surface area contributed by atoms with Crippen LogP contribution in [0.3, 0.4) is 0 Å². The van der Waals surface area contributed by atoms with Crippen molar-refractivity contribution in [2.75, 3.05) is 12.3 Å². The van der Waals surface area contributed by atoms with Crippen LogP contribution in [0, 0.1) is 10.1 Å². The van der Waals surface area contributed by atoms with Crippen molar-refractivity contribution in [2.45, 2.75) is 6.42 Å². The van der Waals surface area contributed by atoms with E-state index < -0.39 is 4.92 Å². The second kappa shape index (κ2) is 6.04. The zero-order valence-electron chi connectivity index (χ0n) is 11.4. The zero-order valence-corrected chi connectivity index (χ0v) is 11.4. The summed E-state index contributed by atoms with van der Waals surface area (Å²) >= 11 is 0. The number of nitrogen functional groups attached to an aromatic ring is 1. The third-order valence-electron chi connectivity index (χ3n) is 3.04. The summed E-state index contributed by atoms with van der Waals surface area (Å²) in [6, 6.07) is 3.98. The number of carbonyl (C=O) groups is 1. The van der Waals surface area contributed by atoms with Crippen LogP contribution in [0.25, 0.3) is 0 Å². The van der Waals surface area contributed by atoms with E-state index in [1.807, 2.05) is 17.8 Å². The van der Waals surface area contributed by atoms with Crippen molar-refractivity contribution in [1.82, 2.24) is 14.9 Å². The number of amides is 1. The van der Waals surface area contributed by atoms with Crippen LogP contribution in [0.15, 0.2) is 30.6 Å². The number of rotatable bonds is 5. The van der Waals surface area contributed by atoms with Gasteiger partial charge in [-0.25, -0.2) is 4.98 Å². The molecule has 2 aromatic rings. The highest BCUT2D eigenvalue weighted by atomic mass is 16.6. The summed E-state index contributed by atoms with van der Waals surface area (Å²) in [5, 5.41) is 13.5. The van der Waals surface area contributed by atoms with Gasteiger partial charge in [0.05, 0.1) is 4.92 Å². The number of carbonyl (C=O) groups excluding carboxylic acids is 1. The van der Waals surface area contributed by atoms with Gasteiger partial charge in [-0.2, -0.15) is 0 Å². The van der Waals surface area contributed by atoms with Crippen molar-refractivity contribution in [1.29, 1.82) is 0 Å². The van der Waals surface area contributed by atoms with Crippen LogP contribution in [0.1, 0.15) is 16.2 Å². The number of hydrogen-bond donors (Lipinski definition) is 2. The molecule has 21 heavy (non-hydrogen) atoms. The maximum Gasteiger partial charge on any atom is 0.292 e. The molecule has 0 spiro atoms. The zero-order chi connectivity index (χ0) is 15.4. The minimum Gasteiger partial charge on any atom is -0.393 e.